The van der Waals surface area contributed by atoms with E-state index in [9.17, 15) is 4.79 Å². The van der Waals surface area contributed by atoms with Crippen molar-refractivity contribution >= 4 is 5.91 Å². The molecule has 3 heteroatoms. The number of carbonyl (C=O) groups is 1. The molecule has 1 amide bonds. The monoisotopic (exact) mass is 212 g/mol. The minimum atomic E-state index is -0.368. The van der Waals surface area contributed by atoms with E-state index in [-0.39, 0.29) is 23.4 Å². The topological polar surface area (TPSA) is 55.1 Å². The van der Waals surface area contributed by atoms with Gasteiger partial charge in [-0.05, 0) is 38.5 Å². The van der Waals surface area contributed by atoms with E-state index in [1.165, 1.54) is 12.8 Å². The van der Waals surface area contributed by atoms with E-state index in [1.54, 1.807) is 0 Å². The van der Waals surface area contributed by atoms with Crippen LogP contribution in [-0.4, -0.2) is 17.5 Å². The van der Waals surface area contributed by atoms with E-state index in [0.717, 1.165) is 6.42 Å². The Kier molecular flexibility index (Phi) is 3.77. The van der Waals surface area contributed by atoms with Crippen molar-refractivity contribution in [3.63, 3.8) is 0 Å². The number of carbonyl (C=O) groups excluding carboxylic acids is 1. The fraction of sp³-hybridized carbons (Fsp3) is 0.917. The van der Waals surface area contributed by atoms with Crippen LogP contribution in [0.4, 0.5) is 0 Å². The van der Waals surface area contributed by atoms with Crippen LogP contribution < -0.4 is 11.1 Å². The van der Waals surface area contributed by atoms with Crippen LogP contribution in [0.3, 0.4) is 0 Å². The van der Waals surface area contributed by atoms with Gasteiger partial charge in [0.25, 0.3) is 0 Å². The lowest BCUT2D eigenvalue weighted by Gasteiger charge is -2.29. The van der Waals surface area contributed by atoms with E-state index < -0.39 is 0 Å². The summed E-state index contributed by atoms with van der Waals surface area (Å²) in [5.74, 6) is 0.895. The third kappa shape index (κ3) is 3.20. The molecule has 0 aliphatic heterocycles. The van der Waals surface area contributed by atoms with Crippen LogP contribution in [0.15, 0.2) is 0 Å². The molecule has 0 heterocycles. The number of hydrogen-bond acceptors (Lipinski definition) is 2. The number of nitrogens with one attached hydrogen (secondary N) is 1. The van der Waals surface area contributed by atoms with Crippen molar-refractivity contribution in [2.24, 2.45) is 17.6 Å². The van der Waals surface area contributed by atoms with Crippen molar-refractivity contribution in [3.05, 3.63) is 0 Å². The van der Waals surface area contributed by atoms with Crippen LogP contribution in [0.1, 0.15) is 47.0 Å². The second kappa shape index (κ2) is 4.52. The van der Waals surface area contributed by atoms with Crippen LogP contribution in [0, 0.1) is 11.8 Å². The van der Waals surface area contributed by atoms with Gasteiger partial charge in [0.05, 0.1) is 6.04 Å². The van der Waals surface area contributed by atoms with Gasteiger partial charge in [-0.25, -0.2) is 0 Å². The van der Waals surface area contributed by atoms with E-state index in [1.807, 2.05) is 6.92 Å². The third-order valence-corrected chi connectivity index (χ3v) is 3.60. The smallest absolute Gasteiger partial charge is 0.237 e. The van der Waals surface area contributed by atoms with Crippen LogP contribution in [0.25, 0.3) is 0 Å². The van der Waals surface area contributed by atoms with Gasteiger partial charge in [0, 0.05) is 5.54 Å². The summed E-state index contributed by atoms with van der Waals surface area (Å²) < 4.78 is 0. The molecule has 1 aliphatic carbocycles. The molecule has 0 saturated heterocycles. The molecule has 0 spiro atoms. The number of amides is 1. The fourth-order valence-electron chi connectivity index (χ4n) is 1.82. The lowest BCUT2D eigenvalue weighted by Crippen LogP contribution is -2.53. The fourth-order valence-corrected chi connectivity index (χ4v) is 1.82. The molecule has 15 heavy (non-hydrogen) atoms. The molecule has 1 rings (SSSR count). The summed E-state index contributed by atoms with van der Waals surface area (Å²) in [4.78, 5) is 11.9. The summed E-state index contributed by atoms with van der Waals surface area (Å²) >= 11 is 0. The van der Waals surface area contributed by atoms with Gasteiger partial charge in [-0.2, -0.15) is 0 Å². The minimum Gasteiger partial charge on any atom is -0.350 e. The molecule has 1 aliphatic rings. The van der Waals surface area contributed by atoms with Gasteiger partial charge in [0.1, 0.15) is 0 Å². The van der Waals surface area contributed by atoms with Crippen LogP contribution in [-0.2, 0) is 4.79 Å². The molecule has 0 radical (unpaired) electrons. The van der Waals surface area contributed by atoms with Crippen molar-refractivity contribution in [1.29, 1.82) is 0 Å². The molecule has 3 N–H and O–H groups in total. The van der Waals surface area contributed by atoms with Crippen molar-refractivity contribution in [2.75, 3.05) is 0 Å². The number of hydrogen-bond donors (Lipinski definition) is 2. The maximum atomic E-state index is 11.9. The zero-order valence-corrected chi connectivity index (χ0v) is 10.3. The average molecular weight is 212 g/mol. The first-order valence-electron chi connectivity index (χ1n) is 5.96. The largest absolute Gasteiger partial charge is 0.350 e. The molecular weight excluding hydrogens is 188 g/mol. The maximum Gasteiger partial charge on any atom is 0.237 e. The summed E-state index contributed by atoms with van der Waals surface area (Å²) in [5, 5.41) is 3.07. The Morgan fingerprint density at radius 3 is 2.47 bits per heavy atom. The zero-order chi connectivity index (χ0) is 11.6. The molecule has 0 aromatic rings. The van der Waals surface area contributed by atoms with Crippen LogP contribution >= 0.6 is 0 Å². The first-order chi connectivity index (χ1) is 6.88. The Labute approximate surface area is 92.8 Å². The lowest BCUT2D eigenvalue weighted by molar-refractivity contribution is -0.125. The SMILES string of the molecule is CC[C@H](C)[C@H](N)C(=O)NC(C)(C)C1CC1. The minimum absolute atomic E-state index is 0.00116. The van der Waals surface area contributed by atoms with E-state index >= 15 is 0 Å². The molecule has 0 unspecified atom stereocenters. The van der Waals surface area contributed by atoms with Crippen molar-refractivity contribution in [1.82, 2.24) is 5.32 Å². The first-order valence-corrected chi connectivity index (χ1v) is 5.96. The number of nitrogens with two attached hydrogens (primary N) is 1. The second-order valence-electron chi connectivity index (χ2n) is 5.40. The van der Waals surface area contributed by atoms with Crippen molar-refractivity contribution < 1.29 is 4.79 Å². The zero-order valence-electron chi connectivity index (χ0n) is 10.3. The summed E-state index contributed by atoms with van der Waals surface area (Å²) in [7, 11) is 0. The Hall–Kier alpha value is -0.570. The standard InChI is InChI=1S/C12H24N2O/c1-5-8(2)10(13)11(15)14-12(3,4)9-6-7-9/h8-10H,5-7,13H2,1-4H3,(H,14,15)/t8-,10-/m0/s1. The second-order valence-corrected chi connectivity index (χ2v) is 5.40. The normalized spacial score (nSPS) is 20.9. The van der Waals surface area contributed by atoms with E-state index in [0.29, 0.717) is 5.92 Å². The molecule has 0 aromatic heterocycles. The van der Waals surface area contributed by atoms with Gasteiger partial charge < -0.3 is 11.1 Å². The molecule has 88 valence electrons. The summed E-state index contributed by atoms with van der Waals surface area (Å²) in [5.41, 5.74) is 5.81. The molecule has 3 nitrogen and oxygen atoms in total. The van der Waals surface area contributed by atoms with Crippen LogP contribution in [0.5, 0.6) is 0 Å². The highest BCUT2D eigenvalue weighted by atomic mass is 16.2. The van der Waals surface area contributed by atoms with Crippen molar-refractivity contribution in [3.8, 4) is 0 Å². The highest BCUT2D eigenvalue weighted by Crippen LogP contribution is 2.39. The predicted octanol–water partition coefficient (Wildman–Crippen LogP) is 1.66. The molecule has 0 bridgehead atoms. The highest BCUT2D eigenvalue weighted by molar-refractivity contribution is 5.82. The lowest BCUT2D eigenvalue weighted by atomic mass is 9.95. The Bertz CT molecular complexity index is 234. The van der Waals surface area contributed by atoms with Gasteiger partial charge >= 0.3 is 0 Å². The summed E-state index contributed by atoms with van der Waals surface area (Å²) in [6, 6.07) is -0.368. The van der Waals surface area contributed by atoms with Crippen molar-refractivity contribution in [2.45, 2.75) is 58.5 Å². The van der Waals surface area contributed by atoms with Gasteiger partial charge in [-0.15, -0.1) is 0 Å². The van der Waals surface area contributed by atoms with E-state index in [2.05, 4.69) is 26.1 Å². The molecule has 0 aromatic carbocycles. The summed E-state index contributed by atoms with van der Waals surface area (Å²) in [6.07, 6.45) is 3.40. The predicted molar refractivity (Wildman–Crippen MR) is 62.4 cm³/mol. The highest BCUT2D eigenvalue weighted by Gasteiger charge is 2.39. The molecular formula is C12H24N2O. The van der Waals surface area contributed by atoms with Gasteiger partial charge in [-0.3, -0.25) is 4.79 Å². The number of rotatable bonds is 5. The Morgan fingerprint density at radius 2 is 2.07 bits per heavy atom. The molecule has 1 saturated carbocycles. The van der Waals surface area contributed by atoms with Gasteiger partial charge in [-0.1, -0.05) is 20.3 Å². The Morgan fingerprint density at radius 1 is 1.53 bits per heavy atom. The quantitative estimate of drug-likeness (QED) is 0.728. The summed E-state index contributed by atoms with van der Waals surface area (Å²) in [6.45, 7) is 8.26. The Balaban J connectivity index is 2.47. The average Bonchev–Trinajstić information content (AvgIpc) is 2.97. The van der Waals surface area contributed by atoms with Gasteiger partial charge in [0.15, 0.2) is 0 Å². The molecule has 2 atom stereocenters. The van der Waals surface area contributed by atoms with Crippen LogP contribution in [0.2, 0.25) is 0 Å². The maximum absolute atomic E-state index is 11.9. The van der Waals surface area contributed by atoms with Gasteiger partial charge in [0.2, 0.25) is 5.91 Å². The third-order valence-electron chi connectivity index (χ3n) is 3.60. The first kappa shape index (κ1) is 12.5. The molecule has 1 fully saturated rings. The van der Waals surface area contributed by atoms with E-state index in [4.69, 9.17) is 5.73 Å².